The molecule has 1 aliphatic rings. The average molecular weight is 331 g/mol. The quantitative estimate of drug-likeness (QED) is 0.774. The first-order valence-electron chi connectivity index (χ1n) is 8.66. The Morgan fingerprint density at radius 3 is 2.60 bits per heavy atom. The predicted octanol–water partition coefficient (Wildman–Crippen LogP) is 3.76. The molecule has 1 N–H and O–H groups in total. The topological polar surface area (TPSA) is 45.2 Å². The second-order valence-corrected chi connectivity index (χ2v) is 6.63. The molecule has 4 rings (SSSR count). The number of aromatic nitrogens is 1. The normalized spacial score (nSPS) is 13.6. The summed E-state index contributed by atoms with van der Waals surface area (Å²) < 4.78 is 0. The third kappa shape index (κ3) is 3.48. The van der Waals surface area contributed by atoms with Gasteiger partial charge in [-0.25, -0.2) is 4.98 Å². The van der Waals surface area contributed by atoms with Crippen LogP contribution in [0, 0.1) is 0 Å². The standard InChI is InChI=1S/C21H21N3O/c1-24(14-15-7-3-2-4-8-15)20-13-18(21(25)22-16-11-12-16)17-9-5-6-10-19(17)23-20/h2-10,13,16H,11-12,14H2,1H3,(H,22,25). The van der Waals surface area contributed by atoms with Gasteiger partial charge in [0.15, 0.2) is 0 Å². The lowest BCUT2D eigenvalue weighted by Crippen LogP contribution is -2.26. The summed E-state index contributed by atoms with van der Waals surface area (Å²) in [6.45, 7) is 0.746. The van der Waals surface area contributed by atoms with Crippen LogP contribution in [-0.2, 0) is 6.54 Å². The van der Waals surface area contributed by atoms with E-state index in [2.05, 4.69) is 22.3 Å². The molecular weight excluding hydrogens is 310 g/mol. The molecule has 4 nitrogen and oxygen atoms in total. The zero-order valence-electron chi connectivity index (χ0n) is 14.3. The highest BCUT2D eigenvalue weighted by atomic mass is 16.1. The van der Waals surface area contributed by atoms with Crippen LogP contribution in [0.1, 0.15) is 28.8 Å². The number of anilines is 1. The molecule has 0 saturated heterocycles. The minimum Gasteiger partial charge on any atom is -0.355 e. The van der Waals surface area contributed by atoms with Crippen LogP contribution in [0.5, 0.6) is 0 Å². The average Bonchev–Trinajstić information content (AvgIpc) is 3.45. The van der Waals surface area contributed by atoms with E-state index in [-0.39, 0.29) is 5.91 Å². The number of amides is 1. The third-order valence-electron chi connectivity index (χ3n) is 4.51. The van der Waals surface area contributed by atoms with Gasteiger partial charge in [-0.2, -0.15) is 0 Å². The summed E-state index contributed by atoms with van der Waals surface area (Å²) in [4.78, 5) is 19.5. The molecule has 4 heteroatoms. The van der Waals surface area contributed by atoms with Crippen molar-refractivity contribution in [1.29, 1.82) is 0 Å². The van der Waals surface area contributed by atoms with Crippen molar-refractivity contribution in [3.63, 3.8) is 0 Å². The first kappa shape index (κ1) is 15.6. The largest absolute Gasteiger partial charge is 0.355 e. The molecule has 1 fully saturated rings. The van der Waals surface area contributed by atoms with Gasteiger partial charge in [0.05, 0.1) is 11.1 Å². The van der Waals surface area contributed by atoms with E-state index in [9.17, 15) is 4.79 Å². The number of carbonyl (C=O) groups is 1. The van der Waals surface area contributed by atoms with Crippen molar-refractivity contribution in [1.82, 2.24) is 10.3 Å². The SMILES string of the molecule is CN(Cc1ccccc1)c1cc(C(=O)NC2CC2)c2ccccc2n1. The Labute approximate surface area is 147 Å². The van der Waals surface area contributed by atoms with Gasteiger partial charge in [-0.15, -0.1) is 0 Å². The highest BCUT2D eigenvalue weighted by molar-refractivity contribution is 6.07. The molecule has 0 bridgehead atoms. The molecule has 0 spiro atoms. The number of benzene rings is 2. The van der Waals surface area contributed by atoms with Gasteiger partial charge in [0.1, 0.15) is 5.82 Å². The summed E-state index contributed by atoms with van der Waals surface area (Å²) in [5.41, 5.74) is 2.76. The van der Waals surface area contributed by atoms with Gasteiger partial charge in [-0.3, -0.25) is 4.79 Å². The Bertz CT molecular complexity index is 903. The van der Waals surface area contributed by atoms with Gasteiger partial charge in [-0.1, -0.05) is 48.5 Å². The van der Waals surface area contributed by atoms with E-state index < -0.39 is 0 Å². The Morgan fingerprint density at radius 1 is 1.12 bits per heavy atom. The lowest BCUT2D eigenvalue weighted by molar-refractivity contribution is 0.0952. The second kappa shape index (κ2) is 6.55. The van der Waals surface area contributed by atoms with Gasteiger partial charge < -0.3 is 10.2 Å². The summed E-state index contributed by atoms with van der Waals surface area (Å²) in [6, 6.07) is 20.3. The molecule has 1 aliphatic carbocycles. The Hall–Kier alpha value is -2.88. The second-order valence-electron chi connectivity index (χ2n) is 6.63. The maximum Gasteiger partial charge on any atom is 0.252 e. The fourth-order valence-electron chi connectivity index (χ4n) is 2.97. The van der Waals surface area contributed by atoms with Crippen molar-refractivity contribution in [2.75, 3.05) is 11.9 Å². The van der Waals surface area contributed by atoms with Crippen LogP contribution in [-0.4, -0.2) is 24.0 Å². The van der Waals surface area contributed by atoms with Crippen LogP contribution < -0.4 is 10.2 Å². The van der Waals surface area contributed by atoms with Crippen LogP contribution in [0.15, 0.2) is 60.7 Å². The fraction of sp³-hybridized carbons (Fsp3) is 0.238. The Kier molecular flexibility index (Phi) is 4.10. The fourth-order valence-corrected chi connectivity index (χ4v) is 2.97. The van der Waals surface area contributed by atoms with Crippen molar-refractivity contribution >= 4 is 22.6 Å². The van der Waals surface area contributed by atoms with Crippen LogP contribution >= 0.6 is 0 Å². The molecule has 1 aromatic heterocycles. The smallest absolute Gasteiger partial charge is 0.252 e. The van der Waals surface area contributed by atoms with Gasteiger partial charge in [0.25, 0.3) is 5.91 Å². The number of nitrogens with one attached hydrogen (secondary N) is 1. The zero-order valence-corrected chi connectivity index (χ0v) is 14.3. The monoisotopic (exact) mass is 331 g/mol. The van der Waals surface area contributed by atoms with E-state index in [1.54, 1.807) is 0 Å². The lowest BCUT2D eigenvalue weighted by Gasteiger charge is -2.20. The minimum absolute atomic E-state index is 0.00420. The summed E-state index contributed by atoms with van der Waals surface area (Å²) in [7, 11) is 2.01. The molecule has 3 aromatic rings. The molecule has 2 aromatic carbocycles. The molecule has 126 valence electrons. The molecule has 1 amide bonds. The number of pyridine rings is 1. The van der Waals surface area contributed by atoms with E-state index >= 15 is 0 Å². The lowest BCUT2D eigenvalue weighted by atomic mass is 10.1. The summed E-state index contributed by atoms with van der Waals surface area (Å²) >= 11 is 0. The first-order chi connectivity index (χ1) is 12.2. The zero-order chi connectivity index (χ0) is 17.2. The molecule has 0 atom stereocenters. The maximum atomic E-state index is 12.7. The third-order valence-corrected chi connectivity index (χ3v) is 4.51. The summed E-state index contributed by atoms with van der Waals surface area (Å²) in [5.74, 6) is 0.805. The predicted molar refractivity (Wildman–Crippen MR) is 101 cm³/mol. The number of hydrogen-bond acceptors (Lipinski definition) is 3. The molecule has 1 saturated carbocycles. The molecule has 0 aliphatic heterocycles. The first-order valence-corrected chi connectivity index (χ1v) is 8.66. The minimum atomic E-state index is -0.00420. The number of nitrogens with zero attached hydrogens (tertiary/aromatic N) is 2. The highest BCUT2D eigenvalue weighted by Crippen LogP contribution is 2.25. The molecule has 0 unspecified atom stereocenters. The Balaban J connectivity index is 1.69. The van der Waals surface area contributed by atoms with Crippen LogP contribution in [0.4, 0.5) is 5.82 Å². The van der Waals surface area contributed by atoms with Crippen molar-refractivity contribution in [3.8, 4) is 0 Å². The van der Waals surface area contributed by atoms with Crippen molar-refractivity contribution < 1.29 is 4.79 Å². The van der Waals surface area contributed by atoms with Crippen LogP contribution in [0.25, 0.3) is 10.9 Å². The van der Waals surface area contributed by atoms with Crippen molar-refractivity contribution in [3.05, 3.63) is 71.8 Å². The van der Waals surface area contributed by atoms with Gasteiger partial charge >= 0.3 is 0 Å². The molecule has 1 heterocycles. The Morgan fingerprint density at radius 2 is 1.84 bits per heavy atom. The van der Waals surface area contributed by atoms with E-state index in [4.69, 9.17) is 4.98 Å². The number of hydrogen-bond donors (Lipinski definition) is 1. The number of carbonyl (C=O) groups excluding carboxylic acids is 1. The van der Waals surface area contributed by atoms with Crippen LogP contribution in [0.3, 0.4) is 0 Å². The number of rotatable bonds is 5. The number of fused-ring (bicyclic) bond motifs is 1. The van der Waals surface area contributed by atoms with Gasteiger partial charge in [0, 0.05) is 25.0 Å². The van der Waals surface area contributed by atoms with E-state index in [0.717, 1.165) is 36.1 Å². The molecule has 0 radical (unpaired) electrons. The molecule has 25 heavy (non-hydrogen) atoms. The van der Waals surface area contributed by atoms with Crippen molar-refractivity contribution in [2.24, 2.45) is 0 Å². The highest BCUT2D eigenvalue weighted by Gasteiger charge is 2.25. The summed E-state index contributed by atoms with van der Waals surface area (Å²) in [5, 5.41) is 3.99. The van der Waals surface area contributed by atoms with E-state index in [1.165, 1.54) is 5.56 Å². The van der Waals surface area contributed by atoms with Crippen LogP contribution in [0.2, 0.25) is 0 Å². The number of para-hydroxylation sites is 1. The van der Waals surface area contributed by atoms with E-state index in [1.807, 2.05) is 55.6 Å². The van der Waals surface area contributed by atoms with Gasteiger partial charge in [-0.05, 0) is 30.5 Å². The summed E-state index contributed by atoms with van der Waals surface area (Å²) in [6.07, 6.45) is 2.16. The van der Waals surface area contributed by atoms with Gasteiger partial charge in [0.2, 0.25) is 0 Å². The van der Waals surface area contributed by atoms with E-state index in [0.29, 0.717) is 11.6 Å². The van der Waals surface area contributed by atoms with Crippen molar-refractivity contribution in [2.45, 2.75) is 25.4 Å². The maximum absolute atomic E-state index is 12.7. The molecular formula is C21H21N3O.